The van der Waals surface area contributed by atoms with E-state index in [0.717, 1.165) is 28.5 Å². The fourth-order valence-corrected chi connectivity index (χ4v) is 2.97. The first-order valence-corrected chi connectivity index (χ1v) is 7.42. The number of anilines is 1. The summed E-state index contributed by atoms with van der Waals surface area (Å²) in [5.41, 5.74) is 8.96. The maximum Gasteiger partial charge on any atom is 0.158 e. The van der Waals surface area contributed by atoms with Gasteiger partial charge in [-0.05, 0) is 31.4 Å². The number of aryl methyl sites for hydroxylation is 2. The summed E-state index contributed by atoms with van der Waals surface area (Å²) in [7, 11) is 1.96. The van der Waals surface area contributed by atoms with Crippen LogP contribution in [-0.2, 0) is 7.05 Å². The predicted octanol–water partition coefficient (Wildman–Crippen LogP) is 3.42. The molecule has 1 aliphatic rings. The highest BCUT2D eigenvalue weighted by Crippen LogP contribution is 2.32. The number of rotatable bonds is 2. The Morgan fingerprint density at radius 2 is 1.95 bits per heavy atom. The summed E-state index contributed by atoms with van der Waals surface area (Å²) < 4.78 is 1.88. The zero-order valence-corrected chi connectivity index (χ0v) is 12.3. The van der Waals surface area contributed by atoms with Crippen molar-refractivity contribution in [3.63, 3.8) is 0 Å². The fourth-order valence-electron chi connectivity index (χ4n) is 2.97. The Bertz CT molecular complexity index is 609. The van der Waals surface area contributed by atoms with E-state index in [2.05, 4.69) is 11.2 Å². The lowest BCUT2D eigenvalue weighted by atomic mass is 9.89. The Hall–Kier alpha value is -1.84. The Morgan fingerprint density at radius 1 is 1.20 bits per heavy atom. The van der Waals surface area contributed by atoms with Gasteiger partial charge in [0.25, 0.3) is 0 Å². The van der Waals surface area contributed by atoms with Gasteiger partial charge in [-0.25, -0.2) is 9.67 Å². The Balaban J connectivity index is 1.93. The van der Waals surface area contributed by atoms with E-state index in [1.54, 1.807) is 0 Å². The molecule has 0 radical (unpaired) electrons. The first-order valence-electron chi connectivity index (χ1n) is 7.42. The molecule has 0 bridgehead atoms. The van der Waals surface area contributed by atoms with Crippen molar-refractivity contribution in [1.82, 2.24) is 14.8 Å². The average Bonchev–Trinajstić information content (AvgIpc) is 2.85. The fraction of sp³-hybridized carbons (Fsp3) is 0.500. The monoisotopic (exact) mass is 270 g/mol. The molecule has 1 fully saturated rings. The zero-order chi connectivity index (χ0) is 14.1. The van der Waals surface area contributed by atoms with Gasteiger partial charge in [-0.3, -0.25) is 0 Å². The minimum atomic E-state index is 0.534. The zero-order valence-electron chi connectivity index (χ0n) is 12.3. The van der Waals surface area contributed by atoms with Gasteiger partial charge in [0.15, 0.2) is 11.6 Å². The summed E-state index contributed by atoms with van der Waals surface area (Å²) in [6.45, 7) is 2.02. The van der Waals surface area contributed by atoms with Crippen LogP contribution in [-0.4, -0.2) is 14.8 Å². The molecule has 2 N–H and O–H groups in total. The first-order chi connectivity index (χ1) is 9.65. The van der Waals surface area contributed by atoms with Crippen LogP contribution in [0.15, 0.2) is 18.2 Å². The molecule has 0 aliphatic heterocycles. The minimum absolute atomic E-state index is 0.534. The van der Waals surface area contributed by atoms with Gasteiger partial charge in [-0.15, -0.1) is 0 Å². The SMILES string of the molecule is Cc1ccc(-c2nc(C3CCCCC3)nn2C)cc1N. The number of hydrogen-bond donors (Lipinski definition) is 1. The van der Waals surface area contributed by atoms with E-state index in [0.29, 0.717) is 5.92 Å². The van der Waals surface area contributed by atoms with Crippen LogP contribution in [0.3, 0.4) is 0 Å². The van der Waals surface area contributed by atoms with E-state index in [1.807, 2.05) is 30.8 Å². The van der Waals surface area contributed by atoms with Gasteiger partial charge < -0.3 is 5.73 Å². The van der Waals surface area contributed by atoms with Crippen LogP contribution in [0.5, 0.6) is 0 Å². The van der Waals surface area contributed by atoms with Crippen molar-refractivity contribution in [1.29, 1.82) is 0 Å². The number of hydrogen-bond acceptors (Lipinski definition) is 3. The lowest BCUT2D eigenvalue weighted by Gasteiger charge is -2.18. The molecule has 0 spiro atoms. The van der Waals surface area contributed by atoms with E-state index in [-0.39, 0.29) is 0 Å². The van der Waals surface area contributed by atoms with Gasteiger partial charge in [-0.1, -0.05) is 31.4 Å². The lowest BCUT2D eigenvalue weighted by Crippen LogP contribution is -2.06. The van der Waals surface area contributed by atoms with Gasteiger partial charge >= 0.3 is 0 Å². The van der Waals surface area contributed by atoms with Crippen LogP contribution in [0.4, 0.5) is 5.69 Å². The van der Waals surface area contributed by atoms with Crippen LogP contribution >= 0.6 is 0 Å². The van der Waals surface area contributed by atoms with Crippen LogP contribution in [0.1, 0.15) is 49.4 Å². The summed E-state index contributed by atoms with van der Waals surface area (Å²) in [6.07, 6.45) is 6.40. The molecular formula is C16H22N4. The second kappa shape index (κ2) is 5.27. The van der Waals surface area contributed by atoms with Crippen molar-refractivity contribution in [2.75, 3.05) is 5.73 Å². The first kappa shape index (κ1) is 13.2. The number of nitrogens with zero attached hydrogens (tertiary/aromatic N) is 3. The molecule has 1 heterocycles. The van der Waals surface area contributed by atoms with E-state index in [9.17, 15) is 0 Å². The molecule has 0 saturated heterocycles. The van der Waals surface area contributed by atoms with E-state index in [4.69, 9.17) is 10.7 Å². The molecule has 2 aromatic rings. The van der Waals surface area contributed by atoms with E-state index < -0.39 is 0 Å². The quantitative estimate of drug-likeness (QED) is 0.851. The second-order valence-corrected chi connectivity index (χ2v) is 5.82. The molecule has 4 heteroatoms. The molecule has 20 heavy (non-hydrogen) atoms. The Morgan fingerprint density at radius 3 is 2.65 bits per heavy atom. The van der Waals surface area contributed by atoms with Gasteiger partial charge in [0.2, 0.25) is 0 Å². The van der Waals surface area contributed by atoms with Crippen LogP contribution in [0.25, 0.3) is 11.4 Å². The molecule has 4 nitrogen and oxygen atoms in total. The molecule has 0 unspecified atom stereocenters. The number of benzene rings is 1. The average molecular weight is 270 g/mol. The number of aromatic nitrogens is 3. The predicted molar refractivity (Wildman–Crippen MR) is 81.4 cm³/mol. The second-order valence-electron chi connectivity index (χ2n) is 5.82. The Labute approximate surface area is 120 Å². The largest absolute Gasteiger partial charge is 0.398 e. The van der Waals surface area contributed by atoms with Crippen LogP contribution < -0.4 is 5.73 Å². The highest BCUT2D eigenvalue weighted by atomic mass is 15.3. The van der Waals surface area contributed by atoms with Gasteiger partial charge in [0.05, 0.1) is 0 Å². The van der Waals surface area contributed by atoms with E-state index >= 15 is 0 Å². The molecule has 0 atom stereocenters. The molecule has 1 aromatic carbocycles. The molecular weight excluding hydrogens is 248 g/mol. The summed E-state index contributed by atoms with van der Waals surface area (Å²) in [5, 5.41) is 4.63. The summed E-state index contributed by atoms with van der Waals surface area (Å²) >= 11 is 0. The molecule has 1 saturated carbocycles. The number of nitrogen functional groups attached to an aromatic ring is 1. The lowest BCUT2D eigenvalue weighted by molar-refractivity contribution is 0.427. The normalized spacial score (nSPS) is 16.5. The summed E-state index contributed by atoms with van der Waals surface area (Å²) in [6, 6.07) is 6.10. The molecule has 0 amide bonds. The van der Waals surface area contributed by atoms with E-state index in [1.165, 1.54) is 32.1 Å². The van der Waals surface area contributed by atoms with Gasteiger partial charge in [0, 0.05) is 24.2 Å². The van der Waals surface area contributed by atoms with Crippen molar-refractivity contribution >= 4 is 5.69 Å². The van der Waals surface area contributed by atoms with Crippen molar-refractivity contribution in [2.45, 2.75) is 44.9 Å². The highest BCUT2D eigenvalue weighted by Gasteiger charge is 2.21. The molecule has 1 aliphatic carbocycles. The molecule has 106 valence electrons. The van der Waals surface area contributed by atoms with Crippen LogP contribution in [0, 0.1) is 6.92 Å². The third kappa shape index (κ3) is 2.42. The van der Waals surface area contributed by atoms with Gasteiger partial charge in [-0.2, -0.15) is 5.10 Å². The third-order valence-electron chi connectivity index (χ3n) is 4.29. The highest BCUT2D eigenvalue weighted by molar-refractivity contribution is 5.63. The molecule has 1 aromatic heterocycles. The Kier molecular flexibility index (Phi) is 3.47. The van der Waals surface area contributed by atoms with Crippen molar-refractivity contribution in [2.24, 2.45) is 7.05 Å². The van der Waals surface area contributed by atoms with Crippen molar-refractivity contribution < 1.29 is 0 Å². The van der Waals surface area contributed by atoms with Crippen LogP contribution in [0.2, 0.25) is 0 Å². The smallest absolute Gasteiger partial charge is 0.158 e. The van der Waals surface area contributed by atoms with Crippen molar-refractivity contribution in [3.8, 4) is 11.4 Å². The number of nitrogens with two attached hydrogens (primary N) is 1. The summed E-state index contributed by atoms with van der Waals surface area (Å²) in [4.78, 5) is 4.77. The third-order valence-corrected chi connectivity index (χ3v) is 4.29. The minimum Gasteiger partial charge on any atom is -0.398 e. The standard InChI is InChI=1S/C16H22N4/c1-11-8-9-13(10-14(11)17)16-18-15(19-20(16)2)12-6-4-3-5-7-12/h8-10,12H,3-7,17H2,1-2H3. The maximum atomic E-state index is 6.00. The van der Waals surface area contributed by atoms with Gasteiger partial charge in [0.1, 0.15) is 0 Å². The maximum absolute atomic E-state index is 6.00. The summed E-state index contributed by atoms with van der Waals surface area (Å²) in [5.74, 6) is 2.45. The molecule has 3 rings (SSSR count). The van der Waals surface area contributed by atoms with Crippen molar-refractivity contribution in [3.05, 3.63) is 29.6 Å². The topological polar surface area (TPSA) is 56.7 Å².